The first kappa shape index (κ1) is 14.1. The normalized spacial score (nSPS) is 11.1. The third-order valence-corrected chi connectivity index (χ3v) is 2.22. The van der Waals surface area contributed by atoms with Crippen molar-refractivity contribution in [1.29, 1.82) is 0 Å². The van der Waals surface area contributed by atoms with Crippen molar-refractivity contribution >= 4 is 5.96 Å². The van der Waals surface area contributed by atoms with E-state index in [1.165, 1.54) is 5.56 Å². The number of aryl methyl sites for hydroxylation is 1. The third kappa shape index (κ3) is 5.94. The fourth-order valence-corrected chi connectivity index (χ4v) is 1.26. The highest BCUT2D eigenvalue weighted by atomic mass is 16.5. The van der Waals surface area contributed by atoms with Gasteiger partial charge in [0.05, 0.1) is 13.1 Å². The zero-order valence-corrected chi connectivity index (χ0v) is 11.1. The van der Waals surface area contributed by atoms with Crippen molar-refractivity contribution in [2.24, 2.45) is 10.7 Å². The highest BCUT2D eigenvalue weighted by Gasteiger charge is 1.94. The number of nitrogens with zero attached hydrogens (tertiary/aromatic N) is 1. The van der Waals surface area contributed by atoms with Crippen molar-refractivity contribution in [2.75, 3.05) is 19.7 Å². The molecule has 0 aliphatic carbocycles. The minimum atomic E-state index is 0.422. The first-order valence-electron chi connectivity index (χ1n) is 5.95. The third-order valence-electron chi connectivity index (χ3n) is 2.22. The van der Waals surface area contributed by atoms with Crippen molar-refractivity contribution < 1.29 is 4.74 Å². The van der Waals surface area contributed by atoms with E-state index in [1.807, 2.05) is 38.1 Å². The number of nitrogens with one attached hydrogen (secondary N) is 1. The molecule has 98 valence electrons. The highest BCUT2D eigenvalue weighted by molar-refractivity contribution is 5.77. The monoisotopic (exact) mass is 247 g/mol. The molecule has 0 aliphatic heterocycles. The second kappa shape index (κ2) is 7.37. The smallest absolute Gasteiger partial charge is 0.189 e. The molecular formula is C14H21N3O. The number of hydrogen-bond acceptors (Lipinski definition) is 2. The summed E-state index contributed by atoms with van der Waals surface area (Å²) in [6, 6.07) is 7.94. The lowest BCUT2D eigenvalue weighted by molar-refractivity contribution is 0.322. The fraction of sp³-hybridized carbons (Fsp3) is 0.357. The van der Waals surface area contributed by atoms with Gasteiger partial charge in [0.1, 0.15) is 12.4 Å². The van der Waals surface area contributed by atoms with Gasteiger partial charge in [0.25, 0.3) is 0 Å². The van der Waals surface area contributed by atoms with E-state index >= 15 is 0 Å². The predicted molar refractivity (Wildman–Crippen MR) is 76.0 cm³/mol. The summed E-state index contributed by atoms with van der Waals surface area (Å²) in [5.41, 5.74) is 7.86. The van der Waals surface area contributed by atoms with Gasteiger partial charge in [-0.25, -0.2) is 4.99 Å². The van der Waals surface area contributed by atoms with E-state index < -0.39 is 0 Å². The van der Waals surface area contributed by atoms with Crippen LogP contribution in [-0.4, -0.2) is 25.7 Å². The molecule has 18 heavy (non-hydrogen) atoms. The number of nitrogens with two attached hydrogens (primary N) is 1. The van der Waals surface area contributed by atoms with Gasteiger partial charge in [0.2, 0.25) is 0 Å². The molecule has 0 amide bonds. The van der Waals surface area contributed by atoms with Crippen molar-refractivity contribution in [3.8, 4) is 5.75 Å². The molecule has 0 saturated carbocycles. The molecule has 0 saturated heterocycles. The Bertz CT molecular complexity index is 410. The SMILES string of the molecule is C=C(C)CN=C(N)NCCOc1ccc(C)cc1. The zero-order chi connectivity index (χ0) is 13.4. The van der Waals surface area contributed by atoms with Crippen LogP contribution < -0.4 is 15.8 Å². The number of hydrogen-bond donors (Lipinski definition) is 2. The van der Waals surface area contributed by atoms with Gasteiger partial charge in [0.15, 0.2) is 5.96 Å². The molecule has 0 atom stereocenters. The second-order valence-electron chi connectivity index (χ2n) is 4.25. The van der Waals surface area contributed by atoms with E-state index in [4.69, 9.17) is 10.5 Å². The van der Waals surface area contributed by atoms with Gasteiger partial charge < -0.3 is 15.8 Å². The molecule has 4 heteroatoms. The first-order chi connectivity index (χ1) is 8.58. The summed E-state index contributed by atoms with van der Waals surface area (Å²) in [6.45, 7) is 9.44. The molecule has 0 aliphatic rings. The quantitative estimate of drug-likeness (QED) is 0.349. The summed E-state index contributed by atoms with van der Waals surface area (Å²) < 4.78 is 5.55. The number of aliphatic imine (C=N–C) groups is 1. The average molecular weight is 247 g/mol. The molecule has 0 aromatic heterocycles. The topological polar surface area (TPSA) is 59.6 Å². The van der Waals surface area contributed by atoms with Crippen LogP contribution in [-0.2, 0) is 0 Å². The molecule has 4 nitrogen and oxygen atoms in total. The molecule has 0 spiro atoms. The lowest BCUT2D eigenvalue weighted by Gasteiger charge is -2.08. The van der Waals surface area contributed by atoms with Crippen LogP contribution in [0.25, 0.3) is 0 Å². The fourth-order valence-electron chi connectivity index (χ4n) is 1.26. The largest absolute Gasteiger partial charge is 0.492 e. The van der Waals surface area contributed by atoms with Gasteiger partial charge in [-0.3, -0.25) is 0 Å². The molecule has 0 radical (unpaired) electrons. The van der Waals surface area contributed by atoms with Gasteiger partial charge in [-0.05, 0) is 26.0 Å². The number of ether oxygens (including phenoxy) is 1. The highest BCUT2D eigenvalue weighted by Crippen LogP contribution is 2.10. The molecule has 0 unspecified atom stereocenters. The van der Waals surface area contributed by atoms with Gasteiger partial charge in [-0.1, -0.05) is 29.8 Å². The molecule has 3 N–H and O–H groups in total. The minimum absolute atomic E-state index is 0.422. The summed E-state index contributed by atoms with van der Waals surface area (Å²) in [4.78, 5) is 4.11. The predicted octanol–water partition coefficient (Wildman–Crippen LogP) is 1.85. The van der Waals surface area contributed by atoms with Crippen LogP contribution in [0.4, 0.5) is 0 Å². The first-order valence-corrected chi connectivity index (χ1v) is 5.95. The summed E-state index contributed by atoms with van der Waals surface area (Å²) in [7, 11) is 0. The lowest BCUT2D eigenvalue weighted by Crippen LogP contribution is -2.34. The zero-order valence-electron chi connectivity index (χ0n) is 11.1. The Morgan fingerprint density at radius 1 is 1.39 bits per heavy atom. The Hall–Kier alpha value is -1.97. The minimum Gasteiger partial charge on any atom is -0.492 e. The van der Waals surface area contributed by atoms with Crippen LogP contribution in [0.15, 0.2) is 41.4 Å². The van der Waals surface area contributed by atoms with Crippen molar-refractivity contribution in [2.45, 2.75) is 13.8 Å². The molecule has 1 rings (SSSR count). The molecular weight excluding hydrogens is 226 g/mol. The Morgan fingerprint density at radius 2 is 2.06 bits per heavy atom. The summed E-state index contributed by atoms with van der Waals surface area (Å²) in [5.74, 6) is 1.28. The maximum absolute atomic E-state index is 5.66. The van der Waals surface area contributed by atoms with Crippen molar-refractivity contribution in [1.82, 2.24) is 5.32 Å². The van der Waals surface area contributed by atoms with Crippen LogP contribution in [0.3, 0.4) is 0 Å². The number of rotatable bonds is 6. The average Bonchev–Trinajstić information content (AvgIpc) is 2.34. The van der Waals surface area contributed by atoms with Crippen molar-refractivity contribution in [3.63, 3.8) is 0 Å². The van der Waals surface area contributed by atoms with Crippen LogP contribution in [0.2, 0.25) is 0 Å². The van der Waals surface area contributed by atoms with Gasteiger partial charge in [0, 0.05) is 0 Å². The van der Waals surface area contributed by atoms with E-state index in [-0.39, 0.29) is 0 Å². The molecule has 0 bridgehead atoms. The molecule has 1 aromatic carbocycles. The Kier molecular flexibility index (Phi) is 5.77. The van der Waals surface area contributed by atoms with Crippen LogP contribution in [0.5, 0.6) is 5.75 Å². The maximum Gasteiger partial charge on any atom is 0.189 e. The van der Waals surface area contributed by atoms with E-state index in [1.54, 1.807) is 0 Å². The summed E-state index contributed by atoms with van der Waals surface area (Å²) >= 11 is 0. The molecule has 0 heterocycles. The van der Waals surface area contributed by atoms with Crippen LogP contribution >= 0.6 is 0 Å². The molecule has 0 fully saturated rings. The van der Waals surface area contributed by atoms with Crippen LogP contribution in [0, 0.1) is 6.92 Å². The summed E-state index contributed by atoms with van der Waals surface area (Å²) in [6.07, 6.45) is 0. The van der Waals surface area contributed by atoms with E-state index in [0.29, 0.717) is 25.7 Å². The van der Waals surface area contributed by atoms with Gasteiger partial charge in [-0.15, -0.1) is 0 Å². The van der Waals surface area contributed by atoms with Crippen LogP contribution in [0.1, 0.15) is 12.5 Å². The Morgan fingerprint density at radius 3 is 2.67 bits per heavy atom. The lowest BCUT2D eigenvalue weighted by atomic mass is 10.2. The summed E-state index contributed by atoms with van der Waals surface area (Å²) in [5, 5.41) is 2.98. The Balaban J connectivity index is 2.20. The van der Waals surface area contributed by atoms with E-state index in [9.17, 15) is 0 Å². The van der Waals surface area contributed by atoms with E-state index in [2.05, 4.69) is 16.9 Å². The second-order valence-corrected chi connectivity index (χ2v) is 4.25. The van der Waals surface area contributed by atoms with E-state index in [0.717, 1.165) is 11.3 Å². The van der Waals surface area contributed by atoms with Gasteiger partial charge >= 0.3 is 0 Å². The van der Waals surface area contributed by atoms with Crippen molar-refractivity contribution in [3.05, 3.63) is 42.0 Å². The Labute approximate surface area is 109 Å². The maximum atomic E-state index is 5.66. The number of benzene rings is 1. The standard InChI is InChI=1S/C14H21N3O/c1-11(2)10-17-14(15)16-8-9-18-13-6-4-12(3)5-7-13/h4-7H,1,8-10H2,2-3H3,(H3,15,16,17). The number of guanidine groups is 1. The molecule has 1 aromatic rings. The van der Waals surface area contributed by atoms with Gasteiger partial charge in [-0.2, -0.15) is 0 Å².